The molecule has 0 radical (unpaired) electrons. The van der Waals surface area contributed by atoms with Crippen molar-refractivity contribution in [3.8, 4) is 0 Å². The highest BCUT2D eigenvalue weighted by Gasteiger charge is 2.30. The van der Waals surface area contributed by atoms with Crippen molar-refractivity contribution in [2.24, 2.45) is 0 Å². The molecule has 2 N–H and O–H groups in total. The first-order valence-corrected chi connectivity index (χ1v) is 5.40. The number of carboxylic acid groups (broad SMARTS) is 1. The Morgan fingerprint density at radius 1 is 1.33 bits per heavy atom. The van der Waals surface area contributed by atoms with E-state index in [0.717, 1.165) is 13.0 Å². The summed E-state index contributed by atoms with van der Waals surface area (Å²) in [5.41, 5.74) is 0. The zero-order valence-corrected chi connectivity index (χ0v) is 9.39. The van der Waals surface area contributed by atoms with Crippen LogP contribution in [0, 0.1) is 0 Å². The fourth-order valence-electron chi connectivity index (χ4n) is 2.21. The summed E-state index contributed by atoms with van der Waals surface area (Å²) < 4.78 is 0. The predicted octanol–water partition coefficient (Wildman–Crippen LogP) is 0.441. The Morgan fingerprint density at radius 3 is 2.27 bits per heavy atom. The Hall–Kier alpha value is -0.810. The van der Waals surface area contributed by atoms with E-state index in [1.54, 1.807) is 0 Å². The van der Waals surface area contributed by atoms with Crippen LogP contribution in [0.2, 0.25) is 0 Å². The highest BCUT2D eigenvalue weighted by Crippen LogP contribution is 2.15. The van der Waals surface area contributed by atoms with Gasteiger partial charge in [0.05, 0.1) is 0 Å². The van der Waals surface area contributed by atoms with Gasteiger partial charge in [0.1, 0.15) is 0 Å². The van der Waals surface area contributed by atoms with Gasteiger partial charge in [-0.25, -0.2) is 4.79 Å². The second-order valence-electron chi connectivity index (χ2n) is 4.20. The van der Waals surface area contributed by atoms with Crippen LogP contribution < -0.4 is 0 Å². The minimum atomic E-state index is -0.837. The van der Waals surface area contributed by atoms with Gasteiger partial charge in [-0.2, -0.15) is 0 Å². The summed E-state index contributed by atoms with van der Waals surface area (Å²) in [6.45, 7) is 6.22. The van der Waals surface area contributed by atoms with E-state index in [4.69, 9.17) is 10.2 Å². The van der Waals surface area contributed by atoms with Crippen molar-refractivity contribution in [1.29, 1.82) is 0 Å². The Balaban J connectivity index is 2.52. The van der Waals surface area contributed by atoms with Gasteiger partial charge in [0.25, 0.3) is 0 Å². The third-order valence-electron chi connectivity index (χ3n) is 2.95. The summed E-state index contributed by atoms with van der Waals surface area (Å²) in [5.74, 6) is 0. The maximum Gasteiger partial charge on any atom is 0.407 e. The molecular weight excluding hydrogens is 196 g/mol. The smallest absolute Gasteiger partial charge is 0.407 e. The molecule has 0 saturated carbocycles. The topological polar surface area (TPSA) is 64.0 Å². The van der Waals surface area contributed by atoms with Gasteiger partial charge in [-0.15, -0.1) is 0 Å². The van der Waals surface area contributed by atoms with Crippen LogP contribution >= 0.6 is 0 Å². The number of carbonyl (C=O) groups is 1. The zero-order chi connectivity index (χ0) is 11.4. The average Bonchev–Trinajstić information content (AvgIpc) is 2.16. The Labute approximate surface area is 90.3 Å². The van der Waals surface area contributed by atoms with E-state index in [-0.39, 0.29) is 18.7 Å². The van der Waals surface area contributed by atoms with Crippen LogP contribution in [0.3, 0.4) is 0 Å². The van der Waals surface area contributed by atoms with E-state index in [2.05, 4.69) is 4.90 Å². The molecule has 0 aromatic carbocycles. The largest absolute Gasteiger partial charge is 0.465 e. The van der Waals surface area contributed by atoms with E-state index in [1.165, 1.54) is 4.90 Å². The number of hydrogen-bond acceptors (Lipinski definition) is 3. The summed E-state index contributed by atoms with van der Waals surface area (Å²) in [5, 5.41) is 17.7. The normalized spacial score (nSPS) is 28.1. The molecule has 1 saturated heterocycles. The van der Waals surface area contributed by atoms with Crippen molar-refractivity contribution in [3.63, 3.8) is 0 Å². The van der Waals surface area contributed by atoms with Gasteiger partial charge in [-0.1, -0.05) is 0 Å². The fourth-order valence-corrected chi connectivity index (χ4v) is 2.21. The van der Waals surface area contributed by atoms with Crippen molar-refractivity contribution in [3.05, 3.63) is 0 Å². The first-order valence-electron chi connectivity index (χ1n) is 5.40. The summed E-state index contributed by atoms with van der Waals surface area (Å²) in [6, 6.07) is 0.466. The number of nitrogens with zero attached hydrogens (tertiary/aromatic N) is 2. The molecule has 1 fully saturated rings. The van der Waals surface area contributed by atoms with Gasteiger partial charge in [0.15, 0.2) is 0 Å². The van der Waals surface area contributed by atoms with Crippen LogP contribution in [0.1, 0.15) is 20.3 Å². The third kappa shape index (κ3) is 3.07. The second-order valence-corrected chi connectivity index (χ2v) is 4.20. The number of rotatable bonds is 3. The van der Waals surface area contributed by atoms with Crippen molar-refractivity contribution in [2.45, 2.75) is 32.4 Å². The lowest BCUT2D eigenvalue weighted by Crippen LogP contribution is -2.57. The lowest BCUT2D eigenvalue weighted by atomic mass is 10.1. The number of aliphatic hydroxyl groups excluding tert-OH is 1. The molecule has 1 aliphatic rings. The van der Waals surface area contributed by atoms with E-state index < -0.39 is 6.09 Å². The van der Waals surface area contributed by atoms with Crippen LogP contribution in [-0.4, -0.2) is 64.4 Å². The lowest BCUT2D eigenvalue weighted by Gasteiger charge is -2.43. The molecular formula is C10H20N2O3. The van der Waals surface area contributed by atoms with Gasteiger partial charge >= 0.3 is 6.09 Å². The van der Waals surface area contributed by atoms with E-state index in [9.17, 15) is 4.79 Å². The molecule has 0 aromatic rings. The number of piperazine rings is 1. The van der Waals surface area contributed by atoms with Crippen molar-refractivity contribution < 1.29 is 15.0 Å². The first kappa shape index (κ1) is 12.3. The molecule has 88 valence electrons. The van der Waals surface area contributed by atoms with Crippen LogP contribution in [-0.2, 0) is 0 Å². The van der Waals surface area contributed by atoms with E-state index in [0.29, 0.717) is 13.1 Å². The minimum Gasteiger partial charge on any atom is -0.465 e. The number of aliphatic hydroxyl groups is 1. The molecule has 0 bridgehead atoms. The maximum absolute atomic E-state index is 10.8. The molecule has 1 unspecified atom stereocenters. The van der Waals surface area contributed by atoms with Crippen LogP contribution in [0.25, 0.3) is 0 Å². The third-order valence-corrected chi connectivity index (χ3v) is 2.95. The molecule has 1 heterocycles. The number of amides is 1. The monoisotopic (exact) mass is 216 g/mol. The van der Waals surface area contributed by atoms with Crippen molar-refractivity contribution in [2.75, 3.05) is 26.2 Å². The Bertz CT molecular complexity index is 211. The predicted molar refractivity (Wildman–Crippen MR) is 56.9 cm³/mol. The molecule has 5 nitrogen and oxygen atoms in total. The van der Waals surface area contributed by atoms with E-state index >= 15 is 0 Å². The van der Waals surface area contributed by atoms with Crippen LogP contribution in [0.5, 0.6) is 0 Å². The molecule has 1 aliphatic heterocycles. The molecule has 5 heteroatoms. The SMILES string of the molecule is CC1CN(C(=O)O)C[C@@H](C)N1CCCO. The standard InChI is InChI=1S/C10H20N2O3/c1-8-6-11(10(14)15)7-9(2)12(8)4-3-5-13/h8-9,13H,3-7H2,1-2H3,(H,14,15)/t8-,9?/m1/s1. The Morgan fingerprint density at radius 2 is 1.87 bits per heavy atom. The van der Waals surface area contributed by atoms with Crippen LogP contribution in [0.15, 0.2) is 0 Å². The van der Waals surface area contributed by atoms with Crippen molar-refractivity contribution >= 4 is 6.09 Å². The Kier molecular flexibility index (Phi) is 4.35. The summed E-state index contributed by atoms with van der Waals surface area (Å²) in [6.07, 6.45) is -0.0858. The average molecular weight is 216 g/mol. The summed E-state index contributed by atoms with van der Waals surface area (Å²) >= 11 is 0. The van der Waals surface area contributed by atoms with Crippen LogP contribution in [0.4, 0.5) is 4.79 Å². The van der Waals surface area contributed by atoms with E-state index in [1.807, 2.05) is 13.8 Å². The fraction of sp³-hybridized carbons (Fsp3) is 0.900. The second kappa shape index (κ2) is 5.32. The minimum absolute atomic E-state index is 0.193. The van der Waals surface area contributed by atoms with Gasteiger partial charge in [0, 0.05) is 38.3 Å². The summed E-state index contributed by atoms with van der Waals surface area (Å²) in [7, 11) is 0. The molecule has 2 atom stereocenters. The zero-order valence-electron chi connectivity index (χ0n) is 9.39. The quantitative estimate of drug-likeness (QED) is 0.718. The molecule has 0 aromatic heterocycles. The number of hydrogen-bond donors (Lipinski definition) is 2. The van der Waals surface area contributed by atoms with Gasteiger partial charge in [-0.05, 0) is 20.3 Å². The molecule has 0 spiro atoms. The highest BCUT2D eigenvalue weighted by atomic mass is 16.4. The van der Waals surface area contributed by atoms with Gasteiger partial charge in [-0.3, -0.25) is 4.90 Å². The highest BCUT2D eigenvalue weighted by molar-refractivity contribution is 5.65. The molecule has 0 aliphatic carbocycles. The molecule has 15 heavy (non-hydrogen) atoms. The van der Waals surface area contributed by atoms with Crippen molar-refractivity contribution in [1.82, 2.24) is 9.80 Å². The first-order chi connectivity index (χ1) is 7.06. The molecule has 1 amide bonds. The van der Waals surface area contributed by atoms with Gasteiger partial charge in [0.2, 0.25) is 0 Å². The van der Waals surface area contributed by atoms with Gasteiger partial charge < -0.3 is 15.1 Å². The molecule has 1 rings (SSSR count). The maximum atomic E-state index is 10.8. The lowest BCUT2D eigenvalue weighted by molar-refractivity contribution is 0.0366. The summed E-state index contributed by atoms with van der Waals surface area (Å²) in [4.78, 5) is 14.6.